The highest BCUT2D eigenvalue weighted by molar-refractivity contribution is 5.33. The Bertz CT molecular complexity index is 687. The summed E-state index contributed by atoms with van der Waals surface area (Å²) in [5.74, 6) is 1.72. The van der Waals surface area contributed by atoms with E-state index in [1.807, 2.05) is 12.1 Å². The van der Waals surface area contributed by atoms with Crippen molar-refractivity contribution < 1.29 is 4.74 Å². The normalized spacial score (nSPS) is 28.5. The molecule has 3 nitrogen and oxygen atoms in total. The number of piperidine rings is 1. The van der Waals surface area contributed by atoms with Crippen molar-refractivity contribution in [2.75, 3.05) is 7.11 Å². The van der Waals surface area contributed by atoms with E-state index in [2.05, 4.69) is 53.1 Å². The van der Waals surface area contributed by atoms with Crippen LogP contribution in [0.5, 0.6) is 5.75 Å². The second kappa shape index (κ2) is 7.59. The Kier molecular flexibility index (Phi) is 5.04. The third-order valence-corrected chi connectivity index (χ3v) is 5.88. The van der Waals surface area contributed by atoms with Crippen LogP contribution in [0.2, 0.25) is 0 Å². The Balaban J connectivity index is 1.55. The fraction of sp³-hybridized carbons (Fsp3) is 0.455. The number of methoxy groups -OCH3 is 1. The smallest absolute Gasteiger partial charge is 0.123 e. The van der Waals surface area contributed by atoms with E-state index in [0.717, 1.165) is 18.2 Å². The number of hydrogen-bond donors (Lipinski definition) is 2. The summed E-state index contributed by atoms with van der Waals surface area (Å²) < 4.78 is 5.52. The van der Waals surface area contributed by atoms with E-state index < -0.39 is 0 Å². The predicted octanol–water partition coefficient (Wildman–Crippen LogP) is 4.06. The average Bonchev–Trinajstić information content (AvgIpc) is 2.68. The number of fused-ring (bicyclic) bond motifs is 2. The third-order valence-electron chi connectivity index (χ3n) is 5.88. The van der Waals surface area contributed by atoms with Crippen LogP contribution in [0.1, 0.15) is 42.9 Å². The van der Waals surface area contributed by atoms with Crippen LogP contribution in [0, 0.1) is 5.92 Å². The molecule has 2 aromatic rings. The molecular weight excluding hydrogens is 308 g/mol. The minimum absolute atomic E-state index is 0.389. The van der Waals surface area contributed by atoms with Gasteiger partial charge in [-0.25, -0.2) is 0 Å². The highest BCUT2D eigenvalue weighted by Crippen LogP contribution is 2.38. The Labute approximate surface area is 150 Å². The summed E-state index contributed by atoms with van der Waals surface area (Å²) in [5.41, 5.74) is 2.63. The number of rotatable bonds is 5. The van der Waals surface area contributed by atoms with Crippen molar-refractivity contribution in [3.8, 4) is 5.75 Å². The maximum Gasteiger partial charge on any atom is 0.123 e. The van der Waals surface area contributed by atoms with Gasteiger partial charge >= 0.3 is 0 Å². The van der Waals surface area contributed by atoms with Crippen LogP contribution in [0.15, 0.2) is 54.6 Å². The molecule has 1 heterocycles. The highest BCUT2D eigenvalue weighted by Gasteiger charge is 2.39. The van der Waals surface area contributed by atoms with Crippen LogP contribution >= 0.6 is 0 Å². The number of para-hydroxylation sites is 1. The topological polar surface area (TPSA) is 33.3 Å². The van der Waals surface area contributed by atoms with Crippen LogP contribution in [0.25, 0.3) is 0 Å². The van der Waals surface area contributed by atoms with Crippen molar-refractivity contribution in [3.63, 3.8) is 0 Å². The van der Waals surface area contributed by atoms with Gasteiger partial charge in [-0.1, -0.05) is 55.0 Å². The molecule has 2 aliphatic rings. The van der Waals surface area contributed by atoms with Crippen LogP contribution in [0.4, 0.5) is 0 Å². The predicted molar refractivity (Wildman–Crippen MR) is 102 cm³/mol. The molecule has 2 N–H and O–H groups in total. The Morgan fingerprint density at radius 2 is 1.84 bits per heavy atom. The first kappa shape index (κ1) is 16.6. The quantitative estimate of drug-likeness (QED) is 0.864. The Morgan fingerprint density at radius 3 is 2.68 bits per heavy atom. The van der Waals surface area contributed by atoms with Gasteiger partial charge in [0, 0.05) is 30.2 Å². The van der Waals surface area contributed by atoms with Crippen LogP contribution in [-0.2, 0) is 6.54 Å². The summed E-state index contributed by atoms with van der Waals surface area (Å²) in [6.45, 7) is 0.848. The first-order valence-corrected chi connectivity index (χ1v) is 9.51. The molecule has 1 saturated carbocycles. The fourth-order valence-corrected chi connectivity index (χ4v) is 4.66. The van der Waals surface area contributed by atoms with E-state index in [1.54, 1.807) is 7.11 Å². The Morgan fingerprint density at radius 1 is 1.04 bits per heavy atom. The van der Waals surface area contributed by atoms with Crippen LogP contribution in [-0.4, -0.2) is 19.2 Å². The van der Waals surface area contributed by atoms with Crippen LogP contribution < -0.4 is 15.4 Å². The van der Waals surface area contributed by atoms with Gasteiger partial charge in [0.15, 0.2) is 0 Å². The molecule has 132 valence electrons. The monoisotopic (exact) mass is 336 g/mol. The first-order valence-electron chi connectivity index (χ1n) is 9.51. The molecule has 4 atom stereocenters. The second-order valence-corrected chi connectivity index (χ2v) is 7.40. The van der Waals surface area contributed by atoms with Gasteiger partial charge < -0.3 is 15.4 Å². The van der Waals surface area contributed by atoms with E-state index in [9.17, 15) is 0 Å². The zero-order valence-corrected chi connectivity index (χ0v) is 14.9. The van der Waals surface area contributed by atoms with Gasteiger partial charge in [-0.2, -0.15) is 0 Å². The molecule has 0 amide bonds. The minimum atomic E-state index is 0.389. The molecule has 1 aliphatic heterocycles. The molecule has 2 unspecified atom stereocenters. The summed E-state index contributed by atoms with van der Waals surface area (Å²) in [4.78, 5) is 0. The van der Waals surface area contributed by atoms with Gasteiger partial charge in [0.2, 0.25) is 0 Å². The Hall–Kier alpha value is -1.84. The van der Waals surface area contributed by atoms with Gasteiger partial charge in [0.05, 0.1) is 7.11 Å². The molecule has 3 heteroatoms. The molecule has 0 spiro atoms. The van der Waals surface area contributed by atoms with E-state index >= 15 is 0 Å². The molecule has 4 rings (SSSR count). The van der Waals surface area contributed by atoms with Gasteiger partial charge in [0.25, 0.3) is 0 Å². The molecular formula is C22H28N2O. The molecule has 1 saturated heterocycles. The summed E-state index contributed by atoms with van der Waals surface area (Å²) in [5, 5.41) is 7.80. The number of benzene rings is 2. The second-order valence-electron chi connectivity index (χ2n) is 7.40. The third kappa shape index (κ3) is 3.58. The van der Waals surface area contributed by atoms with E-state index in [1.165, 1.54) is 36.8 Å². The largest absolute Gasteiger partial charge is 0.496 e. The van der Waals surface area contributed by atoms with Gasteiger partial charge in [0.1, 0.15) is 5.75 Å². The zero-order valence-electron chi connectivity index (χ0n) is 14.9. The summed E-state index contributed by atoms with van der Waals surface area (Å²) in [7, 11) is 1.75. The van der Waals surface area contributed by atoms with Crippen molar-refractivity contribution in [2.24, 2.45) is 5.92 Å². The maximum absolute atomic E-state index is 5.52. The fourth-order valence-electron chi connectivity index (χ4n) is 4.66. The lowest BCUT2D eigenvalue weighted by molar-refractivity contribution is 0.127. The molecule has 2 fully saturated rings. The summed E-state index contributed by atoms with van der Waals surface area (Å²) in [6, 6.07) is 20.8. The first-order chi connectivity index (χ1) is 12.3. The summed E-state index contributed by atoms with van der Waals surface area (Å²) in [6.07, 6.45) is 5.30. The van der Waals surface area contributed by atoms with Gasteiger partial charge in [-0.15, -0.1) is 0 Å². The lowest BCUT2D eigenvalue weighted by Crippen LogP contribution is -2.56. The van der Waals surface area contributed by atoms with E-state index in [-0.39, 0.29) is 0 Å². The van der Waals surface area contributed by atoms with Gasteiger partial charge in [-0.3, -0.25) is 0 Å². The van der Waals surface area contributed by atoms with Crippen molar-refractivity contribution in [2.45, 2.75) is 50.4 Å². The molecule has 25 heavy (non-hydrogen) atoms. The SMILES string of the molecule is COc1ccccc1CNC1C(c2ccccc2)N[C@@H]2CCC[C@H]1C2. The maximum atomic E-state index is 5.52. The number of ether oxygens (including phenoxy) is 1. The van der Waals surface area contributed by atoms with Crippen molar-refractivity contribution in [1.82, 2.24) is 10.6 Å². The molecule has 2 bridgehead atoms. The molecule has 0 radical (unpaired) electrons. The number of hydrogen-bond acceptors (Lipinski definition) is 3. The van der Waals surface area contributed by atoms with Crippen molar-refractivity contribution >= 4 is 0 Å². The van der Waals surface area contributed by atoms with Gasteiger partial charge in [-0.05, 0) is 36.8 Å². The average molecular weight is 336 g/mol. The summed E-state index contributed by atoms with van der Waals surface area (Å²) >= 11 is 0. The van der Waals surface area contributed by atoms with Crippen LogP contribution in [0.3, 0.4) is 0 Å². The van der Waals surface area contributed by atoms with E-state index in [0.29, 0.717) is 18.1 Å². The number of nitrogens with one attached hydrogen (secondary N) is 2. The molecule has 2 aromatic carbocycles. The highest BCUT2D eigenvalue weighted by atomic mass is 16.5. The standard InChI is InChI=1S/C22H28N2O/c1-25-20-13-6-5-10-18(20)15-23-21-17-11-7-12-19(14-17)24-22(21)16-8-3-2-4-9-16/h2-6,8-10,13,17,19,21-24H,7,11-12,14-15H2,1H3/t17-,19+,21?,22?/m0/s1. The van der Waals surface area contributed by atoms with Crippen molar-refractivity contribution in [1.29, 1.82) is 0 Å². The lowest BCUT2D eigenvalue weighted by atomic mass is 9.73. The zero-order chi connectivity index (χ0) is 17.1. The molecule has 1 aliphatic carbocycles. The minimum Gasteiger partial charge on any atom is -0.496 e. The lowest BCUT2D eigenvalue weighted by Gasteiger charge is -2.47. The van der Waals surface area contributed by atoms with Crippen molar-refractivity contribution in [3.05, 3.63) is 65.7 Å². The molecule has 0 aromatic heterocycles. The van der Waals surface area contributed by atoms with E-state index in [4.69, 9.17) is 4.74 Å².